The molecule has 3 aliphatic rings. The Balaban J connectivity index is 1.40. The van der Waals surface area contributed by atoms with Gasteiger partial charge in [0, 0.05) is 21.9 Å². The number of benzene rings is 3. The molecule has 2 aliphatic heterocycles. The van der Waals surface area contributed by atoms with Gasteiger partial charge in [0.1, 0.15) is 6.04 Å². The van der Waals surface area contributed by atoms with E-state index in [0.717, 1.165) is 32.6 Å². The van der Waals surface area contributed by atoms with Crippen LogP contribution in [0, 0.1) is 0 Å². The molecule has 7 heteroatoms. The first-order valence-electron chi connectivity index (χ1n) is 10.2. The number of fused-ring (bicyclic) bond motifs is 3. The third-order valence-electron chi connectivity index (χ3n) is 5.74. The molecular weight excluding hydrogens is 444 g/mol. The van der Waals surface area contributed by atoms with Crippen LogP contribution in [-0.4, -0.2) is 17.7 Å². The third-order valence-corrected chi connectivity index (χ3v) is 7.05. The quantitative estimate of drug-likeness (QED) is 0.550. The van der Waals surface area contributed by atoms with Crippen LogP contribution in [0.3, 0.4) is 0 Å². The van der Waals surface area contributed by atoms with Crippen LogP contribution in [0.15, 0.2) is 77.3 Å². The van der Waals surface area contributed by atoms with E-state index >= 15 is 0 Å². The Hall–Kier alpha value is -3.22. The van der Waals surface area contributed by atoms with E-state index in [1.165, 1.54) is 0 Å². The maximum absolute atomic E-state index is 13.3. The fourth-order valence-corrected chi connectivity index (χ4v) is 5.36. The highest BCUT2D eigenvalue weighted by Crippen LogP contribution is 2.45. The fourth-order valence-electron chi connectivity index (χ4n) is 4.18. The number of ketones is 1. The zero-order valence-electron chi connectivity index (χ0n) is 16.8. The summed E-state index contributed by atoms with van der Waals surface area (Å²) in [4.78, 5) is 18.3. The van der Waals surface area contributed by atoms with Crippen molar-refractivity contribution in [3.63, 3.8) is 0 Å². The highest BCUT2D eigenvalue weighted by molar-refractivity contribution is 8.13. The molecule has 3 aromatic carbocycles. The van der Waals surface area contributed by atoms with E-state index in [0.29, 0.717) is 28.4 Å². The van der Waals surface area contributed by atoms with E-state index in [9.17, 15) is 4.79 Å². The van der Waals surface area contributed by atoms with E-state index in [4.69, 9.17) is 26.1 Å². The summed E-state index contributed by atoms with van der Waals surface area (Å²) in [6.45, 7) is 0.200. The monoisotopic (exact) mass is 460 g/mol. The molecule has 0 saturated heterocycles. The molecule has 0 aromatic heterocycles. The van der Waals surface area contributed by atoms with Gasteiger partial charge >= 0.3 is 0 Å². The van der Waals surface area contributed by atoms with Crippen LogP contribution in [0.25, 0.3) is 5.70 Å². The molecule has 32 heavy (non-hydrogen) atoms. The van der Waals surface area contributed by atoms with Crippen LogP contribution in [0.2, 0.25) is 5.02 Å². The maximum Gasteiger partial charge on any atom is 0.231 e. The van der Waals surface area contributed by atoms with Crippen LogP contribution < -0.4 is 14.8 Å². The number of aliphatic imine (C=N–C) groups is 1. The van der Waals surface area contributed by atoms with E-state index in [-0.39, 0.29) is 12.6 Å². The van der Waals surface area contributed by atoms with Gasteiger partial charge in [0.25, 0.3) is 0 Å². The van der Waals surface area contributed by atoms with Gasteiger partial charge in [0.15, 0.2) is 22.4 Å². The first-order valence-corrected chi connectivity index (χ1v) is 11.5. The predicted octanol–water partition coefficient (Wildman–Crippen LogP) is 5.61. The second-order valence-corrected chi connectivity index (χ2v) is 8.99. The highest BCUT2D eigenvalue weighted by Gasteiger charge is 2.38. The van der Waals surface area contributed by atoms with Crippen molar-refractivity contribution >= 4 is 40.0 Å². The minimum Gasteiger partial charge on any atom is -0.454 e. The summed E-state index contributed by atoms with van der Waals surface area (Å²) in [6.07, 6.45) is 0. The molecule has 1 aliphatic carbocycles. The number of carbonyl (C=O) groups is 1. The van der Waals surface area contributed by atoms with E-state index in [1.807, 2.05) is 66.7 Å². The summed E-state index contributed by atoms with van der Waals surface area (Å²) in [5, 5.41) is 4.89. The van der Waals surface area contributed by atoms with Gasteiger partial charge in [-0.15, -0.1) is 0 Å². The molecule has 0 amide bonds. The lowest BCUT2D eigenvalue weighted by atomic mass is 9.95. The maximum atomic E-state index is 13.3. The number of nitrogens with zero attached hydrogens (tertiary/aromatic N) is 1. The molecule has 0 bridgehead atoms. The molecule has 5 nitrogen and oxygen atoms in total. The Morgan fingerprint density at radius 3 is 2.66 bits per heavy atom. The molecule has 1 N–H and O–H groups in total. The Bertz CT molecular complexity index is 1330. The first-order chi connectivity index (χ1) is 15.7. The number of carbonyl (C=O) groups excluding carboxylic acids is 1. The molecule has 3 aromatic rings. The summed E-state index contributed by atoms with van der Waals surface area (Å²) < 4.78 is 11.0. The van der Waals surface area contributed by atoms with Crippen molar-refractivity contribution in [1.29, 1.82) is 0 Å². The third kappa shape index (κ3) is 3.18. The number of nitrogens with one attached hydrogen (secondary N) is 1. The number of ether oxygens (including phenoxy) is 2. The molecule has 2 heterocycles. The number of hydrogen-bond donors (Lipinski definition) is 1. The Kier molecular flexibility index (Phi) is 4.70. The zero-order valence-corrected chi connectivity index (χ0v) is 18.4. The zero-order chi connectivity index (χ0) is 21.7. The number of rotatable bonds is 3. The summed E-state index contributed by atoms with van der Waals surface area (Å²) in [5.74, 6) is 2.05. The van der Waals surface area contributed by atoms with E-state index in [2.05, 4.69) is 5.32 Å². The summed E-state index contributed by atoms with van der Waals surface area (Å²) in [5.41, 5.74) is 5.01. The number of amidine groups is 1. The van der Waals surface area contributed by atoms with E-state index in [1.54, 1.807) is 11.8 Å². The van der Waals surface area contributed by atoms with Crippen molar-refractivity contribution < 1.29 is 14.3 Å². The largest absolute Gasteiger partial charge is 0.454 e. The predicted molar refractivity (Wildman–Crippen MR) is 126 cm³/mol. The van der Waals surface area contributed by atoms with Crippen molar-refractivity contribution in [1.82, 2.24) is 5.32 Å². The Morgan fingerprint density at radius 1 is 1.00 bits per heavy atom. The van der Waals surface area contributed by atoms with Crippen molar-refractivity contribution in [2.24, 2.45) is 4.99 Å². The number of hydrogen-bond acceptors (Lipinski definition) is 6. The van der Waals surface area contributed by atoms with Gasteiger partial charge in [-0.1, -0.05) is 71.9 Å². The molecular formula is C25H17ClN2O3S. The Labute approximate surface area is 194 Å². The number of thioether (sulfide) groups is 1. The summed E-state index contributed by atoms with van der Waals surface area (Å²) in [7, 11) is 0. The average molecular weight is 461 g/mol. The number of Topliss-reactive ketones (excluding diaryl/α,β-unsaturated/α-hetero) is 1. The molecule has 0 spiro atoms. The average Bonchev–Trinajstić information content (AvgIpc) is 3.41. The smallest absolute Gasteiger partial charge is 0.231 e. The van der Waals surface area contributed by atoms with E-state index < -0.39 is 6.04 Å². The van der Waals surface area contributed by atoms with Gasteiger partial charge in [0.05, 0.1) is 11.3 Å². The van der Waals surface area contributed by atoms with Crippen LogP contribution in [0.5, 0.6) is 11.5 Å². The topological polar surface area (TPSA) is 59.9 Å². The highest BCUT2D eigenvalue weighted by atomic mass is 35.5. The van der Waals surface area contributed by atoms with Crippen LogP contribution in [0.1, 0.15) is 33.1 Å². The summed E-state index contributed by atoms with van der Waals surface area (Å²) >= 11 is 7.91. The minimum absolute atomic E-state index is 0.00432. The lowest BCUT2D eigenvalue weighted by Gasteiger charge is -2.24. The van der Waals surface area contributed by atoms with Gasteiger partial charge in [-0.2, -0.15) is 0 Å². The van der Waals surface area contributed by atoms with Gasteiger partial charge < -0.3 is 14.8 Å². The minimum atomic E-state index is -0.436. The van der Waals surface area contributed by atoms with Crippen LogP contribution >= 0.6 is 23.4 Å². The lowest BCUT2D eigenvalue weighted by Crippen LogP contribution is -2.27. The molecule has 0 unspecified atom stereocenters. The van der Waals surface area contributed by atoms with Crippen molar-refractivity contribution in [3.05, 3.63) is 99.6 Å². The molecule has 6 rings (SSSR count). The number of halogens is 1. The van der Waals surface area contributed by atoms with Crippen molar-refractivity contribution in [3.8, 4) is 11.5 Å². The molecule has 0 fully saturated rings. The van der Waals surface area contributed by atoms with Crippen molar-refractivity contribution in [2.75, 3.05) is 6.79 Å². The summed E-state index contributed by atoms with van der Waals surface area (Å²) in [6, 6.07) is 20.8. The second kappa shape index (κ2) is 7.73. The van der Waals surface area contributed by atoms with Gasteiger partial charge in [-0.3, -0.25) is 4.79 Å². The molecule has 0 saturated carbocycles. The van der Waals surface area contributed by atoms with Gasteiger partial charge in [0.2, 0.25) is 6.79 Å². The molecule has 0 radical (unpaired) electrons. The van der Waals surface area contributed by atoms with Gasteiger partial charge in [-0.05, 0) is 29.3 Å². The van der Waals surface area contributed by atoms with Gasteiger partial charge in [-0.25, -0.2) is 4.99 Å². The normalized spacial score (nSPS) is 18.2. The molecule has 1 atom stereocenters. The van der Waals surface area contributed by atoms with Crippen molar-refractivity contribution in [2.45, 2.75) is 11.8 Å². The lowest BCUT2D eigenvalue weighted by molar-refractivity contribution is 0.103. The SMILES string of the molecule is O=C1C2=C(NC(SCc3ccccc3Cl)=N[C@@H]2c2ccc3c(c2)OCO3)c2ccccc21. The van der Waals surface area contributed by atoms with Crippen LogP contribution in [-0.2, 0) is 5.75 Å². The molecule has 158 valence electrons. The fraction of sp³-hybridized carbons (Fsp3) is 0.120. The Morgan fingerprint density at radius 2 is 1.78 bits per heavy atom. The second-order valence-electron chi connectivity index (χ2n) is 7.62. The van der Waals surface area contributed by atoms with Crippen LogP contribution in [0.4, 0.5) is 0 Å². The first kappa shape index (κ1) is 19.5. The standard InChI is InChI=1S/C25H17ClN2O3S/c26-18-8-4-1-5-15(18)12-32-25-27-22(14-9-10-19-20(11-14)31-13-30-19)21-23(28-25)16-6-2-3-7-17(16)24(21)29/h1-11,22H,12-13H2,(H,27,28)/t22-/m1/s1.